The van der Waals surface area contributed by atoms with E-state index in [1.807, 2.05) is 6.07 Å². The second-order valence-electron chi connectivity index (χ2n) is 1.68. The topological polar surface area (TPSA) is 61.8 Å². The molecule has 0 radical (unpaired) electrons. The SMILES string of the molecule is N#CC1=C(N)NCC1. The molecule has 0 aliphatic carbocycles. The number of rotatable bonds is 0. The highest BCUT2D eigenvalue weighted by atomic mass is 15.0. The van der Waals surface area contributed by atoms with Crippen molar-refractivity contribution in [3.05, 3.63) is 11.4 Å². The lowest BCUT2D eigenvalue weighted by Crippen LogP contribution is -2.14. The van der Waals surface area contributed by atoms with Crippen LogP contribution in [0.1, 0.15) is 6.42 Å². The lowest BCUT2D eigenvalue weighted by molar-refractivity contribution is 0.864. The standard InChI is InChI=1S/C5H7N3/c6-3-4-1-2-8-5(4)7/h8H,1-2,7H2. The fourth-order valence-corrected chi connectivity index (χ4v) is 0.680. The first-order chi connectivity index (χ1) is 3.84. The monoisotopic (exact) mass is 109 g/mol. The van der Waals surface area contributed by atoms with Crippen molar-refractivity contribution in [2.75, 3.05) is 6.54 Å². The summed E-state index contributed by atoms with van der Waals surface area (Å²) >= 11 is 0. The molecule has 0 atom stereocenters. The van der Waals surface area contributed by atoms with E-state index in [9.17, 15) is 0 Å². The minimum atomic E-state index is 0.549. The van der Waals surface area contributed by atoms with Crippen molar-refractivity contribution < 1.29 is 0 Å². The molecule has 1 heterocycles. The van der Waals surface area contributed by atoms with Gasteiger partial charge in [0.25, 0.3) is 0 Å². The summed E-state index contributed by atoms with van der Waals surface area (Å²) in [5.41, 5.74) is 6.02. The van der Waals surface area contributed by atoms with Crippen molar-refractivity contribution in [1.29, 1.82) is 5.26 Å². The maximum atomic E-state index is 8.31. The molecule has 0 aromatic rings. The molecule has 1 rings (SSSR count). The fraction of sp³-hybridized carbons (Fsp3) is 0.400. The first kappa shape index (κ1) is 4.98. The van der Waals surface area contributed by atoms with Crippen LogP contribution in [0, 0.1) is 11.3 Å². The van der Waals surface area contributed by atoms with Crippen LogP contribution in [-0.2, 0) is 0 Å². The van der Waals surface area contributed by atoms with Gasteiger partial charge < -0.3 is 11.1 Å². The number of nitriles is 1. The van der Waals surface area contributed by atoms with Crippen molar-refractivity contribution >= 4 is 0 Å². The van der Waals surface area contributed by atoms with Crippen LogP contribution in [0.2, 0.25) is 0 Å². The van der Waals surface area contributed by atoms with Crippen LogP contribution in [0.3, 0.4) is 0 Å². The number of nitrogens with one attached hydrogen (secondary N) is 1. The van der Waals surface area contributed by atoms with Gasteiger partial charge in [-0.1, -0.05) is 0 Å². The van der Waals surface area contributed by atoms with Gasteiger partial charge in [-0.15, -0.1) is 0 Å². The number of nitrogens with two attached hydrogens (primary N) is 1. The first-order valence-corrected chi connectivity index (χ1v) is 2.47. The van der Waals surface area contributed by atoms with Crippen LogP contribution < -0.4 is 11.1 Å². The fourth-order valence-electron chi connectivity index (χ4n) is 0.680. The molecule has 3 nitrogen and oxygen atoms in total. The molecule has 0 fully saturated rings. The summed E-state index contributed by atoms with van der Waals surface area (Å²) in [6.07, 6.45) is 0.780. The zero-order valence-corrected chi connectivity index (χ0v) is 4.44. The molecule has 0 bridgehead atoms. The Balaban J connectivity index is 2.77. The molecule has 0 saturated carbocycles. The summed E-state index contributed by atoms with van der Waals surface area (Å²) in [5.74, 6) is 0.549. The molecule has 42 valence electrons. The highest BCUT2D eigenvalue weighted by molar-refractivity contribution is 5.28. The Morgan fingerprint density at radius 3 is 2.75 bits per heavy atom. The second kappa shape index (κ2) is 1.74. The molecule has 3 N–H and O–H groups in total. The highest BCUT2D eigenvalue weighted by Gasteiger charge is 2.08. The van der Waals surface area contributed by atoms with Gasteiger partial charge in [0.15, 0.2) is 0 Å². The Morgan fingerprint density at radius 2 is 2.50 bits per heavy atom. The summed E-state index contributed by atoms with van der Waals surface area (Å²) in [6, 6.07) is 2.01. The molecule has 1 aliphatic rings. The van der Waals surface area contributed by atoms with Crippen molar-refractivity contribution in [2.45, 2.75) is 6.42 Å². The van der Waals surface area contributed by atoms with Crippen molar-refractivity contribution in [3.8, 4) is 6.07 Å². The normalized spacial score (nSPS) is 17.9. The quantitative estimate of drug-likeness (QED) is 0.448. The van der Waals surface area contributed by atoms with Gasteiger partial charge in [0.2, 0.25) is 0 Å². The van der Waals surface area contributed by atoms with E-state index in [0.717, 1.165) is 13.0 Å². The summed E-state index contributed by atoms with van der Waals surface area (Å²) in [7, 11) is 0. The Morgan fingerprint density at radius 1 is 1.75 bits per heavy atom. The smallest absolute Gasteiger partial charge is 0.110 e. The molecule has 0 spiro atoms. The van der Waals surface area contributed by atoms with Gasteiger partial charge >= 0.3 is 0 Å². The van der Waals surface area contributed by atoms with Crippen LogP contribution in [0.25, 0.3) is 0 Å². The number of hydrogen-bond acceptors (Lipinski definition) is 3. The molecule has 0 amide bonds. The molecule has 3 heteroatoms. The molecule has 1 aliphatic heterocycles. The number of nitrogens with zero attached hydrogens (tertiary/aromatic N) is 1. The number of hydrogen-bond donors (Lipinski definition) is 2. The Bertz CT molecular complexity index is 163. The zero-order chi connectivity index (χ0) is 5.98. The van der Waals surface area contributed by atoms with E-state index in [0.29, 0.717) is 11.4 Å². The van der Waals surface area contributed by atoms with Crippen molar-refractivity contribution in [3.63, 3.8) is 0 Å². The first-order valence-electron chi connectivity index (χ1n) is 2.47. The summed E-state index contributed by atoms with van der Waals surface area (Å²) in [5, 5.41) is 11.2. The van der Waals surface area contributed by atoms with Gasteiger partial charge in [-0.2, -0.15) is 5.26 Å². The molecule has 0 aromatic carbocycles. The lowest BCUT2D eigenvalue weighted by Gasteiger charge is -1.90. The van der Waals surface area contributed by atoms with Crippen LogP contribution in [0.15, 0.2) is 11.4 Å². The average Bonchev–Trinajstić information content (AvgIpc) is 2.14. The average molecular weight is 109 g/mol. The largest absolute Gasteiger partial charge is 0.385 e. The van der Waals surface area contributed by atoms with E-state index in [2.05, 4.69) is 5.32 Å². The van der Waals surface area contributed by atoms with E-state index < -0.39 is 0 Å². The predicted octanol–water partition coefficient (Wildman–Crippen LogP) is -0.326. The van der Waals surface area contributed by atoms with Crippen LogP contribution in [0.5, 0.6) is 0 Å². The molecular weight excluding hydrogens is 102 g/mol. The highest BCUT2D eigenvalue weighted by Crippen LogP contribution is 2.06. The molecule has 8 heavy (non-hydrogen) atoms. The molecule has 0 aromatic heterocycles. The van der Waals surface area contributed by atoms with E-state index in [4.69, 9.17) is 11.0 Å². The Kier molecular flexibility index (Phi) is 1.09. The van der Waals surface area contributed by atoms with Crippen LogP contribution in [0.4, 0.5) is 0 Å². The second-order valence-corrected chi connectivity index (χ2v) is 1.68. The minimum absolute atomic E-state index is 0.549. The molecular formula is C5H7N3. The van der Waals surface area contributed by atoms with E-state index in [1.165, 1.54) is 0 Å². The maximum absolute atomic E-state index is 8.31. The van der Waals surface area contributed by atoms with Crippen molar-refractivity contribution in [2.24, 2.45) is 5.73 Å². The summed E-state index contributed by atoms with van der Waals surface area (Å²) in [4.78, 5) is 0. The van der Waals surface area contributed by atoms with E-state index in [-0.39, 0.29) is 0 Å². The Hall–Kier alpha value is -1.17. The minimum Gasteiger partial charge on any atom is -0.385 e. The predicted molar refractivity (Wildman–Crippen MR) is 29.4 cm³/mol. The lowest BCUT2D eigenvalue weighted by atomic mass is 10.2. The van der Waals surface area contributed by atoms with Gasteiger partial charge in [0.1, 0.15) is 5.82 Å². The van der Waals surface area contributed by atoms with Gasteiger partial charge in [-0.05, 0) is 0 Å². The third-order valence-electron chi connectivity index (χ3n) is 1.15. The summed E-state index contributed by atoms with van der Waals surface area (Å²) in [6.45, 7) is 0.814. The third kappa shape index (κ3) is 0.604. The zero-order valence-electron chi connectivity index (χ0n) is 4.44. The van der Waals surface area contributed by atoms with E-state index >= 15 is 0 Å². The van der Waals surface area contributed by atoms with Gasteiger partial charge in [0, 0.05) is 13.0 Å². The van der Waals surface area contributed by atoms with Crippen LogP contribution >= 0.6 is 0 Å². The van der Waals surface area contributed by atoms with Crippen molar-refractivity contribution in [1.82, 2.24) is 5.32 Å². The van der Waals surface area contributed by atoms with E-state index in [1.54, 1.807) is 0 Å². The van der Waals surface area contributed by atoms with Gasteiger partial charge in [0.05, 0.1) is 11.6 Å². The van der Waals surface area contributed by atoms with Gasteiger partial charge in [-0.3, -0.25) is 0 Å². The van der Waals surface area contributed by atoms with Gasteiger partial charge in [-0.25, -0.2) is 0 Å². The maximum Gasteiger partial charge on any atom is 0.110 e. The third-order valence-corrected chi connectivity index (χ3v) is 1.15. The summed E-state index contributed by atoms with van der Waals surface area (Å²) < 4.78 is 0. The Labute approximate surface area is 47.8 Å². The molecule has 0 saturated heterocycles. The van der Waals surface area contributed by atoms with Crippen LogP contribution in [-0.4, -0.2) is 6.54 Å². The molecule has 0 unspecified atom stereocenters.